The third-order valence-electron chi connectivity index (χ3n) is 3.46. The zero-order chi connectivity index (χ0) is 14.4. The van der Waals surface area contributed by atoms with Crippen molar-refractivity contribution in [2.45, 2.75) is 25.8 Å². The van der Waals surface area contributed by atoms with Gasteiger partial charge in [0.2, 0.25) is 5.91 Å². The van der Waals surface area contributed by atoms with Crippen molar-refractivity contribution in [2.75, 3.05) is 19.6 Å². The lowest BCUT2D eigenvalue weighted by molar-refractivity contribution is -0.127. The number of halogens is 2. The van der Waals surface area contributed by atoms with Gasteiger partial charge in [-0.25, -0.2) is 8.78 Å². The van der Waals surface area contributed by atoms with Gasteiger partial charge < -0.3 is 5.32 Å². The first-order valence-corrected chi connectivity index (χ1v) is 6.82. The molecule has 1 aliphatic heterocycles. The van der Waals surface area contributed by atoms with Gasteiger partial charge in [-0.1, -0.05) is 0 Å². The normalized spacial score (nSPS) is 20.1. The van der Waals surface area contributed by atoms with Gasteiger partial charge in [-0.3, -0.25) is 14.7 Å². The first-order chi connectivity index (χ1) is 9.65. The number of likely N-dealkylation sites (tertiary alicyclic amines) is 1. The molecule has 4 nitrogen and oxygen atoms in total. The fraction of sp³-hybridized carbons (Fsp3) is 0.571. The molecule has 1 fully saturated rings. The fourth-order valence-electron chi connectivity index (χ4n) is 2.48. The highest BCUT2D eigenvalue weighted by molar-refractivity contribution is 5.78. The molecule has 1 amide bonds. The van der Waals surface area contributed by atoms with Gasteiger partial charge in [-0.2, -0.15) is 0 Å². The number of amides is 1. The molecular weight excluding hydrogens is 264 g/mol. The van der Waals surface area contributed by atoms with Crippen LogP contribution in [-0.4, -0.2) is 41.9 Å². The summed E-state index contributed by atoms with van der Waals surface area (Å²) < 4.78 is 24.2. The lowest BCUT2D eigenvalue weighted by atomic mass is 9.96. The van der Waals surface area contributed by atoms with Crippen molar-refractivity contribution in [3.8, 4) is 0 Å². The lowest BCUT2D eigenvalue weighted by Gasteiger charge is -2.32. The molecule has 2 heterocycles. The smallest absolute Gasteiger partial charge is 0.255 e. The molecule has 1 saturated heterocycles. The quantitative estimate of drug-likeness (QED) is 0.894. The summed E-state index contributed by atoms with van der Waals surface area (Å²) in [7, 11) is 0. The van der Waals surface area contributed by atoms with E-state index in [1.807, 2.05) is 12.1 Å². The Bertz CT molecular complexity index is 428. The number of carbonyl (C=O) groups excluding carboxylic acids is 1. The van der Waals surface area contributed by atoms with Crippen LogP contribution in [0.15, 0.2) is 24.5 Å². The standard InChI is InChI=1S/C14H19F2N3O/c15-13(16)8-18-14(20)12-2-1-7-19(10-12)9-11-3-5-17-6-4-11/h3-6,12-13H,1-2,7-10H2,(H,18,20). The zero-order valence-corrected chi connectivity index (χ0v) is 11.3. The van der Waals surface area contributed by atoms with E-state index in [4.69, 9.17) is 0 Å². The van der Waals surface area contributed by atoms with Crippen molar-refractivity contribution in [1.82, 2.24) is 15.2 Å². The molecule has 1 unspecified atom stereocenters. The van der Waals surface area contributed by atoms with Gasteiger partial charge in [0.05, 0.1) is 12.5 Å². The molecule has 0 bridgehead atoms. The zero-order valence-electron chi connectivity index (χ0n) is 11.3. The van der Waals surface area contributed by atoms with E-state index in [0.717, 1.165) is 31.5 Å². The third kappa shape index (κ3) is 4.52. The maximum Gasteiger partial charge on any atom is 0.255 e. The van der Waals surface area contributed by atoms with E-state index in [2.05, 4.69) is 15.2 Å². The second-order valence-electron chi connectivity index (χ2n) is 5.07. The molecule has 0 aromatic carbocycles. The SMILES string of the molecule is O=C(NCC(F)F)C1CCCN(Cc2ccncc2)C1. The van der Waals surface area contributed by atoms with Crippen molar-refractivity contribution in [2.24, 2.45) is 5.92 Å². The van der Waals surface area contributed by atoms with Gasteiger partial charge in [0, 0.05) is 25.5 Å². The number of nitrogens with one attached hydrogen (secondary N) is 1. The molecule has 1 aliphatic rings. The Kier molecular flexibility index (Phi) is 5.40. The molecule has 0 spiro atoms. The van der Waals surface area contributed by atoms with Crippen LogP contribution in [0, 0.1) is 5.92 Å². The topological polar surface area (TPSA) is 45.2 Å². The van der Waals surface area contributed by atoms with E-state index in [0.29, 0.717) is 6.54 Å². The van der Waals surface area contributed by atoms with Crippen LogP contribution in [0.25, 0.3) is 0 Å². The maximum absolute atomic E-state index is 12.1. The van der Waals surface area contributed by atoms with Crippen LogP contribution in [0.2, 0.25) is 0 Å². The van der Waals surface area contributed by atoms with Gasteiger partial charge in [0.15, 0.2) is 0 Å². The summed E-state index contributed by atoms with van der Waals surface area (Å²) >= 11 is 0. The Morgan fingerprint density at radius 3 is 2.90 bits per heavy atom. The minimum absolute atomic E-state index is 0.190. The second-order valence-corrected chi connectivity index (χ2v) is 5.07. The van der Waals surface area contributed by atoms with Crippen LogP contribution >= 0.6 is 0 Å². The highest BCUT2D eigenvalue weighted by atomic mass is 19.3. The number of piperidine rings is 1. The summed E-state index contributed by atoms with van der Waals surface area (Å²) in [4.78, 5) is 18.0. The van der Waals surface area contributed by atoms with Crippen molar-refractivity contribution in [3.05, 3.63) is 30.1 Å². The van der Waals surface area contributed by atoms with Crippen molar-refractivity contribution in [1.29, 1.82) is 0 Å². The maximum atomic E-state index is 12.1. The van der Waals surface area contributed by atoms with Crippen LogP contribution in [0.3, 0.4) is 0 Å². The van der Waals surface area contributed by atoms with E-state index in [-0.39, 0.29) is 11.8 Å². The van der Waals surface area contributed by atoms with E-state index in [1.54, 1.807) is 12.4 Å². The number of pyridine rings is 1. The van der Waals surface area contributed by atoms with Crippen LogP contribution in [-0.2, 0) is 11.3 Å². The first-order valence-electron chi connectivity index (χ1n) is 6.82. The minimum Gasteiger partial charge on any atom is -0.350 e. The molecule has 0 radical (unpaired) electrons. The van der Waals surface area contributed by atoms with Gasteiger partial charge in [-0.15, -0.1) is 0 Å². The predicted molar refractivity (Wildman–Crippen MR) is 71.3 cm³/mol. The first kappa shape index (κ1) is 14.8. The highest BCUT2D eigenvalue weighted by Gasteiger charge is 2.26. The highest BCUT2D eigenvalue weighted by Crippen LogP contribution is 2.18. The fourth-order valence-corrected chi connectivity index (χ4v) is 2.48. The summed E-state index contributed by atoms with van der Waals surface area (Å²) in [5.74, 6) is -0.450. The summed E-state index contributed by atoms with van der Waals surface area (Å²) in [5.41, 5.74) is 1.15. The van der Waals surface area contributed by atoms with Gasteiger partial charge in [0.1, 0.15) is 0 Å². The Hall–Kier alpha value is -1.56. The molecule has 110 valence electrons. The summed E-state index contributed by atoms with van der Waals surface area (Å²) in [6.07, 6.45) is 2.67. The third-order valence-corrected chi connectivity index (χ3v) is 3.46. The van der Waals surface area contributed by atoms with Crippen LogP contribution in [0.1, 0.15) is 18.4 Å². The monoisotopic (exact) mass is 283 g/mol. The number of carbonyl (C=O) groups is 1. The number of hydrogen-bond acceptors (Lipinski definition) is 3. The lowest BCUT2D eigenvalue weighted by Crippen LogP contribution is -2.43. The average Bonchev–Trinajstić information content (AvgIpc) is 2.46. The van der Waals surface area contributed by atoms with Gasteiger partial charge in [0.25, 0.3) is 6.43 Å². The van der Waals surface area contributed by atoms with E-state index < -0.39 is 13.0 Å². The van der Waals surface area contributed by atoms with Crippen LogP contribution < -0.4 is 5.32 Å². The Morgan fingerprint density at radius 2 is 2.20 bits per heavy atom. The van der Waals surface area contributed by atoms with E-state index in [1.165, 1.54) is 0 Å². The Balaban J connectivity index is 1.83. The molecule has 1 atom stereocenters. The summed E-state index contributed by atoms with van der Waals surface area (Å²) in [6.45, 7) is 1.76. The van der Waals surface area contributed by atoms with E-state index >= 15 is 0 Å². The minimum atomic E-state index is -2.49. The van der Waals surface area contributed by atoms with Gasteiger partial charge in [-0.05, 0) is 37.1 Å². The van der Waals surface area contributed by atoms with E-state index in [9.17, 15) is 13.6 Å². The van der Waals surface area contributed by atoms with Crippen molar-refractivity contribution < 1.29 is 13.6 Å². The van der Waals surface area contributed by atoms with Crippen molar-refractivity contribution in [3.63, 3.8) is 0 Å². The molecule has 1 aromatic rings. The summed E-state index contributed by atoms with van der Waals surface area (Å²) in [5, 5.41) is 2.31. The van der Waals surface area contributed by atoms with Crippen LogP contribution in [0.5, 0.6) is 0 Å². The molecule has 0 saturated carbocycles. The molecule has 1 aromatic heterocycles. The number of rotatable bonds is 5. The number of alkyl halides is 2. The predicted octanol–water partition coefficient (Wildman–Crippen LogP) is 1.67. The molecule has 0 aliphatic carbocycles. The second kappa shape index (κ2) is 7.28. The largest absolute Gasteiger partial charge is 0.350 e. The molecule has 2 rings (SSSR count). The number of aromatic nitrogens is 1. The molecule has 6 heteroatoms. The average molecular weight is 283 g/mol. The number of nitrogens with zero attached hydrogens (tertiary/aromatic N) is 2. The molecule has 1 N–H and O–H groups in total. The molecular formula is C14H19F2N3O. The number of hydrogen-bond donors (Lipinski definition) is 1. The Labute approximate surface area is 117 Å². The summed E-state index contributed by atoms with van der Waals surface area (Å²) in [6, 6.07) is 3.89. The Morgan fingerprint density at radius 1 is 1.45 bits per heavy atom. The van der Waals surface area contributed by atoms with Crippen molar-refractivity contribution >= 4 is 5.91 Å². The molecule has 20 heavy (non-hydrogen) atoms. The van der Waals surface area contributed by atoms with Gasteiger partial charge >= 0.3 is 0 Å². The van der Waals surface area contributed by atoms with Crippen LogP contribution in [0.4, 0.5) is 8.78 Å².